The molecule has 1 atom stereocenters. The summed E-state index contributed by atoms with van der Waals surface area (Å²) in [5.41, 5.74) is 1.59. The molecule has 0 spiro atoms. The highest BCUT2D eigenvalue weighted by atomic mass is 32.2. The van der Waals surface area contributed by atoms with Gasteiger partial charge in [-0.15, -0.1) is 10.2 Å². The molecule has 0 saturated heterocycles. The maximum Gasteiger partial charge on any atom is 0.262 e. The molecule has 4 aromatic rings. The first-order valence-electron chi connectivity index (χ1n) is 11.3. The highest BCUT2D eigenvalue weighted by Crippen LogP contribution is 2.21. The van der Waals surface area contributed by atoms with Crippen molar-refractivity contribution < 1.29 is 9.59 Å². The number of hydrogen-bond donors (Lipinski definition) is 1. The van der Waals surface area contributed by atoms with Crippen LogP contribution in [-0.4, -0.2) is 42.7 Å². The number of benzene rings is 2. The molecule has 0 fully saturated rings. The van der Waals surface area contributed by atoms with Crippen LogP contribution < -0.4 is 10.9 Å². The van der Waals surface area contributed by atoms with Crippen LogP contribution in [-0.2, 0) is 22.6 Å². The van der Waals surface area contributed by atoms with Crippen molar-refractivity contribution in [3.63, 3.8) is 0 Å². The molecule has 0 aliphatic heterocycles. The third-order valence-corrected chi connectivity index (χ3v) is 6.58. The third-order valence-electron chi connectivity index (χ3n) is 5.65. The number of thioether (sulfide) groups is 1. The van der Waals surface area contributed by atoms with Gasteiger partial charge in [-0.1, -0.05) is 67.6 Å². The van der Waals surface area contributed by atoms with E-state index in [1.54, 1.807) is 10.6 Å². The van der Waals surface area contributed by atoms with E-state index >= 15 is 0 Å². The Hall–Kier alpha value is -3.46. The van der Waals surface area contributed by atoms with E-state index in [1.165, 1.54) is 18.7 Å². The van der Waals surface area contributed by atoms with Crippen LogP contribution in [0, 0.1) is 0 Å². The lowest BCUT2D eigenvalue weighted by Gasteiger charge is -2.16. The summed E-state index contributed by atoms with van der Waals surface area (Å²) in [5, 5.41) is 12.5. The van der Waals surface area contributed by atoms with Crippen LogP contribution in [0.2, 0.25) is 0 Å². The molecule has 34 heavy (non-hydrogen) atoms. The van der Waals surface area contributed by atoms with Crippen molar-refractivity contribution in [2.45, 2.75) is 50.9 Å². The van der Waals surface area contributed by atoms with E-state index in [0.717, 1.165) is 18.4 Å². The molecule has 9 heteroatoms. The Balaban J connectivity index is 1.56. The van der Waals surface area contributed by atoms with E-state index in [9.17, 15) is 14.4 Å². The molecule has 4 rings (SSSR count). The van der Waals surface area contributed by atoms with E-state index < -0.39 is 6.04 Å². The van der Waals surface area contributed by atoms with Crippen LogP contribution in [0.1, 0.15) is 32.3 Å². The summed E-state index contributed by atoms with van der Waals surface area (Å²) < 4.78 is 3.48. The minimum Gasteiger partial charge on any atom is -0.345 e. The number of nitrogens with zero attached hydrogens (tertiary/aromatic N) is 4. The van der Waals surface area contributed by atoms with Crippen molar-refractivity contribution in [2.75, 3.05) is 5.75 Å². The van der Waals surface area contributed by atoms with Crippen molar-refractivity contribution in [3.05, 3.63) is 70.5 Å². The summed E-state index contributed by atoms with van der Waals surface area (Å²) >= 11 is 1.23. The Bertz CT molecular complexity index is 1380. The summed E-state index contributed by atoms with van der Waals surface area (Å²) in [4.78, 5) is 37.9. The van der Waals surface area contributed by atoms with Crippen LogP contribution >= 0.6 is 11.8 Å². The predicted molar refractivity (Wildman–Crippen MR) is 133 cm³/mol. The fourth-order valence-corrected chi connectivity index (χ4v) is 4.61. The van der Waals surface area contributed by atoms with Crippen molar-refractivity contribution >= 4 is 40.1 Å². The molecular formula is C25H27N5O3S. The Kier molecular flexibility index (Phi) is 7.42. The Morgan fingerprint density at radius 3 is 2.53 bits per heavy atom. The summed E-state index contributed by atoms with van der Waals surface area (Å²) in [6.07, 6.45) is 2.23. The normalized spacial score (nSPS) is 12.2. The number of hydrogen-bond acceptors (Lipinski definition) is 6. The minimum atomic E-state index is -0.592. The molecular weight excluding hydrogens is 450 g/mol. The largest absolute Gasteiger partial charge is 0.345 e. The first-order chi connectivity index (χ1) is 16.5. The molecule has 2 aromatic heterocycles. The first kappa shape index (κ1) is 23.7. The van der Waals surface area contributed by atoms with E-state index in [2.05, 4.69) is 22.4 Å². The number of nitrogens with one attached hydrogen (secondary N) is 1. The summed E-state index contributed by atoms with van der Waals surface area (Å²) in [7, 11) is 0. The molecule has 176 valence electrons. The zero-order valence-corrected chi connectivity index (χ0v) is 20.0. The topological polar surface area (TPSA) is 98.4 Å². The Morgan fingerprint density at radius 1 is 1.06 bits per heavy atom. The van der Waals surface area contributed by atoms with E-state index in [4.69, 9.17) is 0 Å². The number of ketones is 1. The van der Waals surface area contributed by atoms with Crippen molar-refractivity contribution in [1.29, 1.82) is 0 Å². The van der Waals surface area contributed by atoms with Crippen LogP contribution in [0.4, 0.5) is 0 Å². The number of carbonyl (C=O) groups is 2. The Morgan fingerprint density at radius 2 is 1.79 bits per heavy atom. The van der Waals surface area contributed by atoms with Crippen LogP contribution in [0.5, 0.6) is 0 Å². The first-order valence-corrected chi connectivity index (χ1v) is 12.3. The van der Waals surface area contributed by atoms with Gasteiger partial charge in [-0.2, -0.15) is 0 Å². The van der Waals surface area contributed by atoms with Crippen LogP contribution in [0.25, 0.3) is 16.7 Å². The van der Waals surface area contributed by atoms with Gasteiger partial charge in [0, 0.05) is 6.54 Å². The second-order valence-corrected chi connectivity index (χ2v) is 9.10. The number of carbonyl (C=O) groups excluding carboxylic acids is 2. The van der Waals surface area contributed by atoms with Gasteiger partial charge in [-0.25, -0.2) is 0 Å². The van der Waals surface area contributed by atoms with Gasteiger partial charge in [0.1, 0.15) is 0 Å². The summed E-state index contributed by atoms with van der Waals surface area (Å²) in [6.45, 7) is 4.10. The Labute approximate surface area is 201 Å². The van der Waals surface area contributed by atoms with Gasteiger partial charge >= 0.3 is 0 Å². The van der Waals surface area contributed by atoms with E-state index in [0.29, 0.717) is 34.8 Å². The van der Waals surface area contributed by atoms with Crippen LogP contribution in [0.3, 0.4) is 0 Å². The number of Topliss-reactive ketones (excluding diaryl/α,β-unsaturated/α-hetero) is 1. The number of para-hydroxylation sites is 1. The van der Waals surface area contributed by atoms with Gasteiger partial charge in [0.05, 0.1) is 22.7 Å². The number of aromatic nitrogens is 4. The molecule has 8 nitrogen and oxygen atoms in total. The fourth-order valence-electron chi connectivity index (χ4n) is 3.86. The molecule has 0 bridgehead atoms. The smallest absolute Gasteiger partial charge is 0.262 e. The molecule has 0 aliphatic rings. The van der Waals surface area contributed by atoms with Crippen molar-refractivity contribution in [1.82, 2.24) is 24.5 Å². The minimum absolute atomic E-state index is 0.0712. The second kappa shape index (κ2) is 10.6. The summed E-state index contributed by atoms with van der Waals surface area (Å²) in [6, 6.07) is 16.3. The van der Waals surface area contributed by atoms with Crippen LogP contribution in [0.15, 0.2) is 64.5 Å². The van der Waals surface area contributed by atoms with Gasteiger partial charge in [-0.05, 0) is 37.5 Å². The predicted octanol–water partition coefficient (Wildman–Crippen LogP) is 3.25. The number of unbranched alkanes of at least 4 members (excludes halogenated alkanes) is 1. The number of rotatable bonds is 10. The lowest BCUT2D eigenvalue weighted by Crippen LogP contribution is -2.42. The number of aryl methyl sites for hydroxylation is 1. The maximum absolute atomic E-state index is 13.0. The molecule has 2 heterocycles. The number of fused-ring (bicyclic) bond motifs is 3. The SMILES string of the molecule is CCCCn1c(=O)c2ccccc2n2c(SCC(=O)NC(Cc3ccccc3)C(C)=O)nnc12. The highest BCUT2D eigenvalue weighted by Gasteiger charge is 2.20. The quantitative estimate of drug-likeness (QED) is 0.352. The van der Waals surface area contributed by atoms with Gasteiger partial charge in [0.15, 0.2) is 10.9 Å². The fraction of sp³-hybridized carbons (Fsp3) is 0.320. The third kappa shape index (κ3) is 5.04. The van der Waals surface area contributed by atoms with E-state index in [1.807, 2.05) is 52.9 Å². The maximum atomic E-state index is 13.0. The zero-order valence-electron chi connectivity index (χ0n) is 19.2. The summed E-state index contributed by atoms with van der Waals surface area (Å²) in [5.74, 6) is 0.176. The van der Waals surface area contributed by atoms with Gasteiger partial charge in [0.25, 0.3) is 5.56 Å². The lowest BCUT2D eigenvalue weighted by molar-refractivity contribution is -0.125. The molecule has 1 unspecified atom stereocenters. The monoisotopic (exact) mass is 477 g/mol. The molecule has 2 aromatic carbocycles. The van der Waals surface area contributed by atoms with Gasteiger partial charge in [-0.3, -0.25) is 23.4 Å². The zero-order chi connectivity index (χ0) is 24.1. The molecule has 0 aliphatic carbocycles. The average molecular weight is 478 g/mol. The van der Waals surface area contributed by atoms with Gasteiger partial charge < -0.3 is 5.32 Å². The van der Waals surface area contributed by atoms with Crippen molar-refractivity contribution in [2.24, 2.45) is 0 Å². The van der Waals surface area contributed by atoms with Gasteiger partial charge in [0.2, 0.25) is 11.7 Å². The van der Waals surface area contributed by atoms with Crippen molar-refractivity contribution in [3.8, 4) is 0 Å². The number of amides is 1. The standard InChI is InChI=1S/C25H27N5O3S/c1-3-4-14-29-23(33)19-12-8-9-13-21(19)30-24(29)27-28-25(30)34-16-22(32)26-20(17(2)31)15-18-10-6-5-7-11-18/h5-13,20H,3-4,14-16H2,1-2H3,(H,26,32). The molecule has 0 radical (unpaired) electrons. The molecule has 1 amide bonds. The average Bonchev–Trinajstić information content (AvgIpc) is 3.27. The lowest BCUT2D eigenvalue weighted by atomic mass is 10.0. The molecule has 1 N–H and O–H groups in total. The highest BCUT2D eigenvalue weighted by molar-refractivity contribution is 7.99. The second-order valence-electron chi connectivity index (χ2n) is 8.15. The molecule has 0 saturated carbocycles. The van der Waals surface area contributed by atoms with E-state index in [-0.39, 0.29) is 23.0 Å².